The van der Waals surface area contributed by atoms with Crippen LogP contribution < -0.4 is 10.9 Å². The lowest BCUT2D eigenvalue weighted by atomic mass is 9.74. The predicted octanol–water partition coefficient (Wildman–Crippen LogP) is 3.44. The lowest BCUT2D eigenvalue weighted by molar-refractivity contribution is -0.128. The number of amides is 2. The molecule has 2 N–H and O–H groups in total. The fourth-order valence-electron chi connectivity index (χ4n) is 4.45. The Labute approximate surface area is 209 Å². The molecule has 0 saturated carbocycles. The summed E-state index contributed by atoms with van der Waals surface area (Å²) in [4.78, 5) is 39.7. The number of carbonyl (C=O) groups is 2. The molecule has 1 aliphatic carbocycles. The normalized spacial score (nSPS) is 20.7. The van der Waals surface area contributed by atoms with Gasteiger partial charge in [0.1, 0.15) is 11.1 Å². The molecule has 0 spiro atoms. The first-order valence-electron chi connectivity index (χ1n) is 11.3. The molecule has 3 rings (SSSR count). The molecule has 0 unspecified atom stereocenters. The van der Waals surface area contributed by atoms with Crippen molar-refractivity contribution in [2.45, 2.75) is 60.5 Å². The molecule has 182 valence electrons. The summed E-state index contributed by atoms with van der Waals surface area (Å²) in [6.45, 7) is 10.8. The van der Waals surface area contributed by atoms with Gasteiger partial charge in [0.15, 0.2) is 9.88 Å². The summed E-state index contributed by atoms with van der Waals surface area (Å²) >= 11 is 10.5. The third-order valence-corrected chi connectivity index (χ3v) is 6.73. The van der Waals surface area contributed by atoms with Crippen molar-refractivity contribution in [1.82, 2.24) is 19.4 Å². The molecule has 0 bridgehead atoms. The van der Waals surface area contributed by atoms with E-state index < -0.39 is 11.8 Å². The number of carbonyl (C=O) groups excluding carboxylic acids is 2. The zero-order valence-electron chi connectivity index (χ0n) is 20.1. The highest BCUT2D eigenvalue weighted by Crippen LogP contribution is 2.39. The van der Waals surface area contributed by atoms with E-state index in [0.29, 0.717) is 32.5 Å². The van der Waals surface area contributed by atoms with Crippen LogP contribution in [0.5, 0.6) is 5.88 Å². The van der Waals surface area contributed by atoms with Gasteiger partial charge in [0.05, 0.1) is 0 Å². The van der Waals surface area contributed by atoms with E-state index in [0.717, 1.165) is 11.1 Å². The first-order valence-corrected chi connectivity index (χ1v) is 12.1. The Morgan fingerprint density at radius 3 is 2.26 bits per heavy atom. The molecule has 1 fully saturated rings. The molecular formula is C24H30N4O4S2. The van der Waals surface area contributed by atoms with Gasteiger partial charge in [-0.2, -0.15) is 0 Å². The van der Waals surface area contributed by atoms with E-state index in [1.165, 1.54) is 14.0 Å². The summed E-state index contributed by atoms with van der Waals surface area (Å²) in [5, 5.41) is 13.5. The van der Waals surface area contributed by atoms with E-state index in [1.807, 2.05) is 19.9 Å². The van der Waals surface area contributed by atoms with Crippen molar-refractivity contribution in [2.24, 2.45) is 5.41 Å². The van der Waals surface area contributed by atoms with Crippen molar-refractivity contribution >= 4 is 47.4 Å². The Balaban J connectivity index is 2.15. The van der Waals surface area contributed by atoms with E-state index in [1.54, 1.807) is 19.1 Å². The van der Waals surface area contributed by atoms with Crippen molar-refractivity contribution in [2.75, 3.05) is 6.54 Å². The average molecular weight is 503 g/mol. The van der Waals surface area contributed by atoms with Crippen molar-refractivity contribution in [3.8, 4) is 5.88 Å². The van der Waals surface area contributed by atoms with Gasteiger partial charge in [0.2, 0.25) is 5.88 Å². The van der Waals surface area contributed by atoms with E-state index in [-0.39, 0.29) is 37.9 Å². The van der Waals surface area contributed by atoms with Crippen molar-refractivity contribution in [3.63, 3.8) is 0 Å². The Bertz CT molecular complexity index is 1280. The number of hydrogen-bond acceptors (Lipinski definition) is 6. The average Bonchev–Trinajstić information content (AvgIpc) is 2.74. The lowest BCUT2D eigenvalue weighted by Gasteiger charge is -2.32. The first kappa shape index (κ1) is 25.8. The topological polar surface area (TPSA) is 96.6 Å². The molecule has 0 radical (unpaired) electrons. The van der Waals surface area contributed by atoms with Crippen LogP contribution in [0.1, 0.15) is 53.0 Å². The Hall–Kier alpha value is -2.85. The number of nitrogens with zero attached hydrogens (tertiary/aromatic N) is 3. The number of likely N-dealkylation sites (N-methyl/N-ethyl adjacent to an activating group) is 1. The molecule has 0 atom stereocenters. The summed E-state index contributed by atoms with van der Waals surface area (Å²) in [5.74, 6) is -1.12. The Morgan fingerprint density at radius 2 is 1.68 bits per heavy atom. The summed E-state index contributed by atoms with van der Waals surface area (Å²) in [6, 6.07) is 0. The number of allylic oxidation sites excluding steroid dienone is 4. The van der Waals surface area contributed by atoms with Crippen LogP contribution in [-0.2, 0) is 22.7 Å². The number of thiocarbonyl (C=S) groups is 1. The number of aromatic nitrogens is 2. The second-order valence-corrected chi connectivity index (χ2v) is 9.89. The first-order chi connectivity index (χ1) is 15.9. The van der Waals surface area contributed by atoms with Crippen LogP contribution in [-0.4, -0.2) is 42.6 Å². The summed E-state index contributed by atoms with van der Waals surface area (Å²) < 4.78 is 3.26. The third-order valence-electron chi connectivity index (χ3n) is 5.96. The Kier molecular flexibility index (Phi) is 7.42. The molecule has 0 aromatic carbocycles. The maximum atomic E-state index is 13.1. The number of rotatable bonds is 5. The minimum Gasteiger partial charge on any atom is -0.494 e. The second kappa shape index (κ2) is 9.79. The molecular weight excluding hydrogens is 472 g/mol. The highest BCUT2D eigenvalue weighted by Gasteiger charge is 2.33. The van der Waals surface area contributed by atoms with Crippen LogP contribution in [0.2, 0.25) is 0 Å². The summed E-state index contributed by atoms with van der Waals surface area (Å²) in [6.07, 6.45) is 6.43. The maximum Gasteiger partial charge on any atom is 0.265 e. The van der Waals surface area contributed by atoms with E-state index >= 15 is 0 Å². The number of nitrogens with one attached hydrogen (secondary N) is 1. The standard InChI is InChI=1S/C24H30N4O4S2/c1-6-26-19(30)16(18(29)25-22(26)33)10-14-9-15(13-24(4,5)12-14)11-17-20(31)27(7-2)23(34)28(8-3)21(17)32/h9-11,31H,6-8,12-13H2,1-5H3,(H,25,29,33)/b15-11-,16-10+. The lowest BCUT2D eigenvalue weighted by Crippen LogP contribution is -2.53. The van der Waals surface area contributed by atoms with Gasteiger partial charge in [-0.25, -0.2) is 0 Å². The van der Waals surface area contributed by atoms with Gasteiger partial charge in [-0.1, -0.05) is 19.9 Å². The van der Waals surface area contributed by atoms with Crippen LogP contribution in [0, 0.1) is 10.2 Å². The SMILES string of the molecule is CCN1C(=O)/C(=C/C2=CC(=C/c3c(O)n(CC)c(=S)n(CC)c3=O)/CC(C)(C)C2)C(=O)NC1=S. The fraction of sp³-hybridized carbons (Fsp3) is 0.458. The van der Waals surface area contributed by atoms with Crippen LogP contribution >= 0.6 is 24.4 Å². The summed E-state index contributed by atoms with van der Waals surface area (Å²) in [7, 11) is 0. The molecule has 10 heteroatoms. The molecule has 34 heavy (non-hydrogen) atoms. The number of hydrogen-bond donors (Lipinski definition) is 2. The van der Waals surface area contributed by atoms with Gasteiger partial charge in [-0.15, -0.1) is 0 Å². The van der Waals surface area contributed by atoms with Crippen LogP contribution in [0.4, 0.5) is 0 Å². The quantitative estimate of drug-likeness (QED) is 0.364. The van der Waals surface area contributed by atoms with E-state index in [4.69, 9.17) is 24.4 Å². The summed E-state index contributed by atoms with van der Waals surface area (Å²) in [5.41, 5.74) is 1.23. The monoisotopic (exact) mass is 502 g/mol. The van der Waals surface area contributed by atoms with Crippen LogP contribution in [0.25, 0.3) is 6.08 Å². The van der Waals surface area contributed by atoms with Gasteiger partial charge >= 0.3 is 0 Å². The van der Waals surface area contributed by atoms with Gasteiger partial charge in [-0.3, -0.25) is 33.7 Å². The van der Waals surface area contributed by atoms with Crippen LogP contribution in [0.3, 0.4) is 0 Å². The molecule has 8 nitrogen and oxygen atoms in total. The van der Waals surface area contributed by atoms with Crippen molar-refractivity contribution in [1.29, 1.82) is 0 Å². The van der Waals surface area contributed by atoms with Crippen molar-refractivity contribution in [3.05, 3.63) is 49.6 Å². The van der Waals surface area contributed by atoms with Crippen molar-refractivity contribution < 1.29 is 14.7 Å². The zero-order valence-corrected chi connectivity index (χ0v) is 21.7. The molecule has 2 amide bonds. The maximum absolute atomic E-state index is 13.1. The predicted molar refractivity (Wildman–Crippen MR) is 138 cm³/mol. The molecule has 1 saturated heterocycles. The van der Waals surface area contributed by atoms with E-state index in [2.05, 4.69) is 19.2 Å². The molecule has 1 aromatic heterocycles. The second-order valence-electron chi connectivity index (χ2n) is 9.14. The highest BCUT2D eigenvalue weighted by atomic mass is 32.1. The number of aromatic hydroxyl groups is 1. The van der Waals surface area contributed by atoms with E-state index in [9.17, 15) is 19.5 Å². The zero-order chi connectivity index (χ0) is 25.4. The molecule has 1 aliphatic heterocycles. The Morgan fingerprint density at radius 1 is 1.03 bits per heavy atom. The third kappa shape index (κ3) is 4.83. The van der Waals surface area contributed by atoms with Gasteiger partial charge < -0.3 is 5.11 Å². The minimum absolute atomic E-state index is 0.0224. The van der Waals surface area contributed by atoms with Gasteiger partial charge in [-0.05, 0) is 86.8 Å². The van der Waals surface area contributed by atoms with Gasteiger partial charge in [0, 0.05) is 19.6 Å². The molecule has 2 aliphatic rings. The smallest absolute Gasteiger partial charge is 0.265 e. The fourth-order valence-corrected chi connectivity index (χ4v) is 5.18. The van der Waals surface area contributed by atoms with Crippen LogP contribution in [0.15, 0.2) is 33.7 Å². The van der Waals surface area contributed by atoms with Gasteiger partial charge in [0.25, 0.3) is 17.4 Å². The highest BCUT2D eigenvalue weighted by molar-refractivity contribution is 7.80. The molecule has 1 aromatic rings. The minimum atomic E-state index is -0.525. The largest absolute Gasteiger partial charge is 0.494 e. The molecule has 2 heterocycles.